The van der Waals surface area contributed by atoms with Gasteiger partial charge in [0, 0.05) is 213 Å². The van der Waals surface area contributed by atoms with Gasteiger partial charge >= 0.3 is 35.9 Å². The van der Waals surface area contributed by atoms with Gasteiger partial charge < -0.3 is 102 Å². The summed E-state index contributed by atoms with van der Waals surface area (Å²) < 4.78 is 26.2. The number of para-hydroxylation sites is 2. The second-order valence-corrected chi connectivity index (χ2v) is 35.0. The van der Waals surface area contributed by atoms with E-state index in [0.717, 1.165) is 86.8 Å². The normalized spacial score (nSPS) is 13.2. The van der Waals surface area contributed by atoms with Crippen LogP contribution in [0.3, 0.4) is 0 Å². The molecule has 0 radical (unpaired) electrons. The summed E-state index contributed by atoms with van der Waals surface area (Å²) in [5.41, 5.74) is 5.05. The van der Waals surface area contributed by atoms with Crippen LogP contribution in [0.2, 0.25) is 0 Å². The summed E-state index contributed by atoms with van der Waals surface area (Å²) in [5, 5.41) is 37.8. The van der Waals surface area contributed by atoms with Gasteiger partial charge in [0.15, 0.2) is 23.0 Å². The maximum absolute atomic E-state index is 13.5. The molecule has 6 rings (SSSR count). The number of aryl methyl sites for hydroxylation is 2. The second kappa shape index (κ2) is 64.5. The van der Waals surface area contributed by atoms with Crippen molar-refractivity contribution in [3.8, 4) is 23.0 Å². The second-order valence-electron chi connectivity index (χ2n) is 33.8. The summed E-state index contributed by atoms with van der Waals surface area (Å²) in [4.78, 5) is 229. The van der Waals surface area contributed by atoms with Crippen LogP contribution >= 0.6 is 11.8 Å². The lowest BCUT2D eigenvalue weighted by molar-refractivity contribution is -0.138. The number of urea groups is 1. The van der Waals surface area contributed by atoms with Crippen molar-refractivity contribution < 1.29 is 115 Å². The van der Waals surface area contributed by atoms with Gasteiger partial charge in [-0.3, -0.25) is 81.5 Å². The Morgan fingerprint density at radius 1 is 0.365 bits per heavy atom. The highest BCUT2D eigenvalue weighted by Crippen LogP contribution is 2.35. The molecule has 0 bridgehead atoms. The molecule has 4 aromatic carbocycles. The number of esters is 4. The largest absolute Gasteiger partial charge is 0.481 e. The van der Waals surface area contributed by atoms with E-state index in [0.29, 0.717) is 166 Å². The van der Waals surface area contributed by atoms with E-state index in [-0.39, 0.29) is 189 Å². The molecule has 3 atom stereocenters. The minimum atomic E-state index is -0.928. The van der Waals surface area contributed by atoms with Gasteiger partial charge in [-0.15, -0.1) is 0 Å². The molecule has 0 saturated carbocycles. The number of ether oxygens (including phenoxy) is 5. The maximum Gasteiger partial charge on any atom is 0.315 e. The zero-order valence-corrected chi connectivity index (χ0v) is 81.9. The molecule has 0 spiro atoms. The van der Waals surface area contributed by atoms with E-state index in [4.69, 9.17) is 28.8 Å². The molecule has 0 aliphatic carbocycles. The van der Waals surface area contributed by atoms with E-state index >= 15 is 0 Å². The molecule has 14 amide bonds. The van der Waals surface area contributed by atoms with Gasteiger partial charge in [-0.1, -0.05) is 42.8 Å². The first-order valence-electron chi connectivity index (χ1n) is 47.4. The van der Waals surface area contributed by atoms with Gasteiger partial charge in [0.25, 0.3) is 23.6 Å². The molecule has 2 aliphatic rings. The molecule has 2 fully saturated rings. The number of hydrogen-bond acceptors (Lipinski definition) is 24. The first-order chi connectivity index (χ1) is 65.5. The van der Waals surface area contributed by atoms with E-state index in [1.165, 1.54) is 50.2 Å². The predicted octanol–water partition coefficient (Wildman–Crippen LogP) is 8.08. The summed E-state index contributed by atoms with van der Waals surface area (Å²) in [5.74, 6) is -6.14. The zero-order chi connectivity index (χ0) is 101. The first-order valence-corrected chi connectivity index (χ1v) is 48.4. The molecular weight excluding hydrogens is 1790 g/mol. The van der Waals surface area contributed by atoms with Crippen LogP contribution in [0.1, 0.15) is 258 Å². The number of benzene rings is 4. The number of aliphatic carboxylic acids is 1. The number of carbonyl (C=O) groups excluding carboxylic acids is 17. The minimum Gasteiger partial charge on any atom is -0.481 e. The van der Waals surface area contributed by atoms with Crippen molar-refractivity contribution in [1.29, 1.82) is 0 Å². The Morgan fingerprint density at radius 2 is 0.723 bits per heavy atom. The molecule has 137 heavy (non-hydrogen) atoms. The van der Waals surface area contributed by atoms with Crippen molar-refractivity contribution >= 4 is 119 Å². The Hall–Kier alpha value is -12.6. The van der Waals surface area contributed by atoms with E-state index in [1.54, 1.807) is 45.8 Å². The van der Waals surface area contributed by atoms with E-state index in [2.05, 4.69) is 53.2 Å². The molecule has 2 saturated heterocycles. The van der Waals surface area contributed by atoms with E-state index in [9.17, 15) is 86.3 Å². The molecule has 2 aliphatic heterocycles. The zero-order valence-electron chi connectivity index (χ0n) is 81.1. The molecule has 4 aromatic rings. The van der Waals surface area contributed by atoms with E-state index in [1.807, 2.05) is 63.7 Å². The topological polar surface area (TPSA) is 507 Å². The lowest BCUT2D eigenvalue weighted by Crippen LogP contribution is -2.36. The third-order valence-electron chi connectivity index (χ3n) is 22.7. The van der Waals surface area contributed by atoms with Crippen molar-refractivity contribution in [2.75, 3.05) is 125 Å². The molecule has 11 N–H and O–H groups in total. The lowest BCUT2D eigenvalue weighted by Gasteiger charge is -2.23. The number of rotatable bonds is 63. The SMILES string of the molecule is CC(=O)Oc1cccc(C(=O)NCCCN(CCCCNC(=O)c2cccc(C)c2C)C(=O)CCC(=O)NCCCCCN(C)C(=O)CCCC(=O)NCCOCCNC(=O)CCCCC2SCC3NC(=O)NC32)c1OC(C)=O.CC(=O)Oc1cccc(C(=O)NCCCN(CCCCNC(=O)c2cccc(C)c2C)C(=O)CCC(=O)NCCCCCN(C)C(=O)CCCC(=O)O)c1OC(C)=O. The molecule has 38 nitrogen and oxygen atoms in total. The Labute approximate surface area is 807 Å². The van der Waals surface area contributed by atoms with Crippen molar-refractivity contribution in [3.63, 3.8) is 0 Å². The van der Waals surface area contributed by atoms with Crippen molar-refractivity contribution in [2.24, 2.45) is 0 Å². The molecule has 39 heteroatoms. The van der Waals surface area contributed by atoms with Crippen LogP contribution in [-0.2, 0) is 67.1 Å². The number of thioether (sulfide) groups is 1. The highest BCUT2D eigenvalue weighted by molar-refractivity contribution is 8.00. The van der Waals surface area contributed by atoms with Gasteiger partial charge in [0.2, 0.25) is 47.3 Å². The number of fused-ring (bicyclic) bond motifs is 1. The van der Waals surface area contributed by atoms with Gasteiger partial charge in [-0.2, -0.15) is 11.8 Å². The van der Waals surface area contributed by atoms with Crippen LogP contribution in [0.5, 0.6) is 23.0 Å². The number of amides is 14. The fourth-order valence-electron chi connectivity index (χ4n) is 14.8. The summed E-state index contributed by atoms with van der Waals surface area (Å²) in [6.07, 6.45) is 11.7. The monoisotopic (exact) mass is 1930 g/mol. The van der Waals surface area contributed by atoms with E-state index < -0.39 is 41.7 Å². The summed E-state index contributed by atoms with van der Waals surface area (Å²) >= 11 is 1.87. The summed E-state index contributed by atoms with van der Waals surface area (Å²) in [6.45, 7) is 18.0. The average molecular weight is 1930 g/mol. The van der Waals surface area contributed by atoms with Crippen molar-refractivity contribution in [3.05, 3.63) is 117 Å². The summed E-state index contributed by atoms with van der Waals surface area (Å²) in [6, 6.07) is 20.0. The number of unbranched alkanes of at least 4 members (excludes halogenated alkanes) is 7. The lowest BCUT2D eigenvalue weighted by atomic mass is 10.0. The fraction of sp³-hybridized carbons (Fsp3) is 0.571. The molecule has 0 aromatic heterocycles. The van der Waals surface area contributed by atoms with Crippen molar-refractivity contribution in [2.45, 2.75) is 240 Å². The maximum atomic E-state index is 13.5. The number of carboxylic acids is 1. The number of carbonyl (C=O) groups is 18. The highest BCUT2D eigenvalue weighted by atomic mass is 32.2. The third-order valence-corrected chi connectivity index (χ3v) is 24.2. The Morgan fingerprint density at radius 3 is 1.15 bits per heavy atom. The summed E-state index contributed by atoms with van der Waals surface area (Å²) in [7, 11) is 3.41. The molecule has 2 heterocycles. The van der Waals surface area contributed by atoms with Crippen molar-refractivity contribution in [1.82, 2.24) is 72.8 Å². The molecular formula is C98H142N14O24S. The van der Waals surface area contributed by atoms with Gasteiger partial charge in [0.05, 0.1) is 36.4 Å². The third kappa shape index (κ3) is 45.8. The number of hydrogen-bond donors (Lipinski definition) is 11. The Balaban J connectivity index is 0.000000508. The van der Waals surface area contributed by atoms with Crippen LogP contribution < -0.4 is 72.1 Å². The highest BCUT2D eigenvalue weighted by Gasteiger charge is 2.43. The number of nitrogens with one attached hydrogen (secondary N) is 10. The molecule has 3 unspecified atom stereocenters. The average Bonchev–Trinajstić information content (AvgIpc) is 1.53. The Kier molecular flexibility index (Phi) is 54.1. The predicted molar refractivity (Wildman–Crippen MR) is 514 cm³/mol. The van der Waals surface area contributed by atoms with Gasteiger partial charge in [0.1, 0.15) is 0 Å². The quantitative estimate of drug-likeness (QED) is 0.00860. The Bertz CT molecular complexity index is 4700. The minimum absolute atomic E-state index is 0.0108. The van der Waals surface area contributed by atoms with Gasteiger partial charge in [-0.25, -0.2) is 4.79 Å². The van der Waals surface area contributed by atoms with Crippen LogP contribution in [0.4, 0.5) is 4.79 Å². The van der Waals surface area contributed by atoms with Crippen LogP contribution in [0.25, 0.3) is 0 Å². The van der Waals surface area contributed by atoms with Gasteiger partial charge in [-0.05, 0) is 189 Å². The van der Waals surface area contributed by atoms with Crippen LogP contribution in [-0.4, -0.2) is 273 Å². The number of nitrogens with zero attached hydrogens (tertiary/aromatic N) is 4. The smallest absolute Gasteiger partial charge is 0.315 e. The standard InChI is InChI=1S/C56H83N9O13S.C42H59N5O11/c1-38-17-13-18-42(39(38)2)54(73)60-28-10-12-33-65(34-16-29-61-55(74)43-19-14-20-45(77-40(3)66)53(43)78-41(4)67)51(72)26-25-49(70)57-27-9-6-11-32-64(5)50(71)24-15-23-48(69)59-31-36-76-35-30-58-47(68)22-8-7-21-46-52-44(37-79-46)62-56(75)63-52;1-29-15-11-16-33(30(29)2)41(55)44-24-8-10-27-47(28-14-25-45-42(56)34-17-12-18-35(57-31(3)48)40(34)58-32(4)49)38(52)22-21-36(50)43-23-7-6-9-26-46(5)37(51)19-13-20-39(53)54/h13-14,17-20,44,46,52H,6-12,15-16,21-37H2,1-5H3,(H,57,70)(H,58,68)(H,59,69)(H,60,73)(H,61,74)(H2,62,63,75);11-12,15-18H,6-10,13-14,19-28H2,1-5H3,(H,43,50)(H,44,55)(H,45,56)(H,53,54). The molecule has 754 valence electrons. The first kappa shape index (κ1) is 115. The van der Waals surface area contributed by atoms with Crippen LogP contribution in [0, 0.1) is 27.7 Å². The number of carboxylic acid groups (broad SMARTS) is 1. The fourth-order valence-corrected chi connectivity index (χ4v) is 16.4. The van der Waals surface area contributed by atoms with Crippen LogP contribution in [0.15, 0.2) is 72.8 Å².